The van der Waals surface area contributed by atoms with Crippen LogP contribution >= 0.6 is 0 Å². The summed E-state index contributed by atoms with van der Waals surface area (Å²) in [5, 5.41) is -1.34. The number of hydrogen-bond donors (Lipinski definition) is 3. The summed E-state index contributed by atoms with van der Waals surface area (Å²) in [6.07, 6.45) is -0.469. The Morgan fingerprint density at radius 1 is 1.31 bits per heavy atom. The van der Waals surface area contributed by atoms with Crippen LogP contribution in [-0.4, -0.2) is 18.9 Å². The van der Waals surface area contributed by atoms with Crippen LogP contribution < -0.4 is 11.5 Å². The number of benzene rings is 1. The molecule has 0 bridgehead atoms. The van der Waals surface area contributed by atoms with Gasteiger partial charge in [-0.15, -0.1) is 0 Å². The van der Waals surface area contributed by atoms with Crippen molar-refractivity contribution in [1.82, 2.24) is 0 Å². The van der Waals surface area contributed by atoms with E-state index in [1.807, 2.05) is 0 Å². The van der Waals surface area contributed by atoms with E-state index in [9.17, 15) is 13.2 Å². The predicted molar refractivity (Wildman–Crippen MR) is 59.0 cm³/mol. The number of rotatable bonds is 4. The van der Waals surface area contributed by atoms with Crippen LogP contribution in [0.25, 0.3) is 0 Å². The van der Waals surface area contributed by atoms with Crippen molar-refractivity contribution in [2.75, 3.05) is 5.73 Å². The second-order valence-corrected chi connectivity index (χ2v) is 4.94. The highest BCUT2D eigenvalue weighted by Gasteiger charge is 2.26. The van der Waals surface area contributed by atoms with Crippen molar-refractivity contribution in [3.05, 3.63) is 29.8 Å². The lowest BCUT2D eigenvalue weighted by atomic mass is 10.1. The highest BCUT2D eigenvalue weighted by Crippen LogP contribution is 2.25. The summed E-state index contributed by atoms with van der Waals surface area (Å²) in [5.74, 6) is -0.806. The Morgan fingerprint density at radius 3 is 2.19 bits per heavy atom. The lowest BCUT2D eigenvalue weighted by Gasteiger charge is -2.12. The van der Waals surface area contributed by atoms with Gasteiger partial charge in [0.15, 0.2) is 0 Å². The molecule has 0 aliphatic heterocycles. The Bertz CT molecular complexity index is 481. The Morgan fingerprint density at radius 2 is 1.81 bits per heavy atom. The molecule has 1 atom stereocenters. The van der Waals surface area contributed by atoms with Crippen LogP contribution in [-0.2, 0) is 14.9 Å². The van der Waals surface area contributed by atoms with Crippen LogP contribution in [0.2, 0.25) is 0 Å². The molecule has 1 aromatic carbocycles. The first-order valence-electron chi connectivity index (χ1n) is 4.40. The molecule has 0 saturated heterocycles. The van der Waals surface area contributed by atoms with E-state index in [2.05, 4.69) is 0 Å². The smallest absolute Gasteiger partial charge is 0.272 e. The molecule has 1 amide bonds. The molecule has 1 aromatic rings. The van der Waals surface area contributed by atoms with Gasteiger partial charge in [-0.25, -0.2) is 0 Å². The molecule has 1 unspecified atom stereocenters. The number of hydrogen-bond acceptors (Lipinski definition) is 4. The third-order valence-electron chi connectivity index (χ3n) is 2.05. The molecule has 0 aliphatic rings. The first kappa shape index (κ1) is 12.5. The third-order valence-corrected chi connectivity index (χ3v) is 3.21. The lowest BCUT2D eigenvalue weighted by Crippen LogP contribution is -2.21. The Labute approximate surface area is 93.0 Å². The normalized spacial score (nSPS) is 13.3. The van der Waals surface area contributed by atoms with Gasteiger partial charge < -0.3 is 11.5 Å². The van der Waals surface area contributed by atoms with E-state index in [1.165, 1.54) is 24.3 Å². The fourth-order valence-electron chi connectivity index (χ4n) is 1.29. The molecule has 0 spiro atoms. The number of primary amides is 1. The molecular weight excluding hydrogens is 232 g/mol. The Balaban J connectivity index is 3.11. The van der Waals surface area contributed by atoms with E-state index in [-0.39, 0.29) is 5.56 Å². The van der Waals surface area contributed by atoms with E-state index in [4.69, 9.17) is 16.0 Å². The monoisotopic (exact) mass is 244 g/mol. The molecule has 0 aromatic heterocycles. The summed E-state index contributed by atoms with van der Waals surface area (Å²) in [5.41, 5.74) is 11.1. The Kier molecular flexibility index (Phi) is 3.51. The van der Waals surface area contributed by atoms with Crippen LogP contribution in [0.4, 0.5) is 5.69 Å². The highest BCUT2D eigenvalue weighted by molar-refractivity contribution is 7.86. The van der Waals surface area contributed by atoms with Crippen LogP contribution in [0.3, 0.4) is 0 Å². The summed E-state index contributed by atoms with van der Waals surface area (Å²) < 4.78 is 31.1. The standard InChI is InChI=1S/C9H12N2O4S/c10-7-3-1-6(2-4-7)8(5-9(11)12)16(13,14)15/h1-4,8H,5,10H2,(H2,11,12)(H,13,14,15). The molecule has 0 radical (unpaired) electrons. The molecule has 6 nitrogen and oxygen atoms in total. The third kappa shape index (κ3) is 3.21. The molecule has 5 N–H and O–H groups in total. The summed E-state index contributed by atoms with van der Waals surface area (Å²) in [6, 6.07) is 5.82. The maximum atomic E-state index is 11.1. The molecule has 7 heteroatoms. The van der Waals surface area contributed by atoms with Gasteiger partial charge in [0, 0.05) is 12.1 Å². The van der Waals surface area contributed by atoms with Gasteiger partial charge in [-0.3, -0.25) is 9.35 Å². The van der Waals surface area contributed by atoms with Crippen molar-refractivity contribution in [2.24, 2.45) is 5.73 Å². The molecule has 0 heterocycles. The minimum absolute atomic E-state index is 0.274. The van der Waals surface area contributed by atoms with E-state index < -0.39 is 27.7 Å². The van der Waals surface area contributed by atoms with Gasteiger partial charge in [0.1, 0.15) is 5.25 Å². The number of anilines is 1. The lowest BCUT2D eigenvalue weighted by molar-refractivity contribution is -0.118. The number of carbonyl (C=O) groups excluding carboxylic acids is 1. The van der Waals surface area contributed by atoms with Gasteiger partial charge in [-0.05, 0) is 17.7 Å². The largest absolute Gasteiger partial charge is 0.399 e. The van der Waals surface area contributed by atoms with Gasteiger partial charge in [0.05, 0.1) is 0 Å². The minimum Gasteiger partial charge on any atom is -0.399 e. The van der Waals surface area contributed by atoms with Crippen LogP contribution in [0.15, 0.2) is 24.3 Å². The topological polar surface area (TPSA) is 123 Å². The summed E-state index contributed by atoms with van der Waals surface area (Å²) in [4.78, 5) is 10.7. The van der Waals surface area contributed by atoms with Crippen molar-refractivity contribution in [3.8, 4) is 0 Å². The fraction of sp³-hybridized carbons (Fsp3) is 0.222. The van der Waals surface area contributed by atoms with E-state index in [0.29, 0.717) is 5.69 Å². The van der Waals surface area contributed by atoms with E-state index >= 15 is 0 Å². The van der Waals surface area contributed by atoms with Crippen molar-refractivity contribution in [1.29, 1.82) is 0 Å². The average molecular weight is 244 g/mol. The number of nitrogens with two attached hydrogens (primary N) is 2. The zero-order valence-corrected chi connectivity index (χ0v) is 9.15. The zero-order valence-electron chi connectivity index (χ0n) is 8.33. The van der Waals surface area contributed by atoms with Gasteiger partial charge in [-0.1, -0.05) is 12.1 Å². The SMILES string of the molecule is NC(=O)CC(c1ccc(N)cc1)S(=O)(=O)O. The number of carbonyl (C=O) groups is 1. The summed E-state index contributed by atoms with van der Waals surface area (Å²) >= 11 is 0. The summed E-state index contributed by atoms with van der Waals surface area (Å²) in [7, 11) is -4.37. The highest BCUT2D eigenvalue weighted by atomic mass is 32.2. The average Bonchev–Trinajstić information content (AvgIpc) is 2.14. The van der Waals surface area contributed by atoms with Gasteiger partial charge in [-0.2, -0.15) is 8.42 Å². The van der Waals surface area contributed by atoms with E-state index in [0.717, 1.165) is 0 Å². The van der Waals surface area contributed by atoms with Crippen molar-refractivity contribution in [2.45, 2.75) is 11.7 Å². The van der Waals surface area contributed by atoms with Gasteiger partial charge in [0.2, 0.25) is 5.91 Å². The van der Waals surface area contributed by atoms with Gasteiger partial charge >= 0.3 is 0 Å². The molecule has 0 aliphatic carbocycles. The molecule has 1 rings (SSSR count). The Hall–Kier alpha value is -1.60. The maximum Gasteiger partial charge on any atom is 0.272 e. The van der Waals surface area contributed by atoms with Crippen molar-refractivity contribution >= 4 is 21.7 Å². The quantitative estimate of drug-likeness (QED) is 0.511. The maximum absolute atomic E-state index is 11.1. The number of nitrogen functional groups attached to an aromatic ring is 1. The molecule has 16 heavy (non-hydrogen) atoms. The van der Waals surface area contributed by atoms with E-state index in [1.54, 1.807) is 0 Å². The second kappa shape index (κ2) is 4.50. The van der Waals surface area contributed by atoms with Crippen LogP contribution in [0, 0.1) is 0 Å². The second-order valence-electron chi connectivity index (χ2n) is 3.34. The molecule has 0 saturated carbocycles. The zero-order chi connectivity index (χ0) is 12.3. The first-order valence-corrected chi connectivity index (χ1v) is 5.91. The first-order chi connectivity index (χ1) is 7.30. The predicted octanol–water partition coefficient (Wildman–Crippen LogP) is 0.0731. The fourth-order valence-corrected chi connectivity index (χ4v) is 2.16. The molecular formula is C9H12N2O4S. The molecule has 0 fully saturated rings. The van der Waals surface area contributed by atoms with Crippen molar-refractivity contribution in [3.63, 3.8) is 0 Å². The summed E-state index contributed by atoms with van der Waals surface area (Å²) in [6.45, 7) is 0. The number of amides is 1. The minimum atomic E-state index is -4.37. The van der Waals surface area contributed by atoms with Gasteiger partial charge in [0.25, 0.3) is 10.1 Å². The van der Waals surface area contributed by atoms with Crippen molar-refractivity contribution < 1.29 is 17.8 Å². The molecule has 88 valence electrons. The van der Waals surface area contributed by atoms with Crippen LogP contribution in [0.1, 0.15) is 17.2 Å². The van der Waals surface area contributed by atoms with Crippen LogP contribution in [0.5, 0.6) is 0 Å².